The molecule has 0 radical (unpaired) electrons. The maximum absolute atomic E-state index is 13.9. The number of hydrogen-bond acceptors (Lipinski definition) is 8. The third kappa shape index (κ3) is 4.11. The molecule has 0 bridgehead atoms. The number of carbonyl (C=O) groups is 1. The van der Waals surface area contributed by atoms with E-state index in [-0.39, 0.29) is 46.2 Å². The Kier molecular flexibility index (Phi) is 6.74. The molecule has 4 aliphatic carbocycles. The van der Waals surface area contributed by atoms with Gasteiger partial charge in [-0.25, -0.2) is 4.98 Å². The fourth-order valence-electron chi connectivity index (χ4n) is 11.0. The zero-order chi connectivity index (χ0) is 30.5. The highest BCUT2D eigenvalue weighted by atomic mass is 32.2. The summed E-state index contributed by atoms with van der Waals surface area (Å²) in [6, 6.07) is 8.52. The van der Waals surface area contributed by atoms with E-state index in [0.29, 0.717) is 24.0 Å². The van der Waals surface area contributed by atoms with Crippen molar-refractivity contribution in [3.63, 3.8) is 0 Å². The number of thioether (sulfide) groups is 1. The molecular weight excluding hydrogens is 572 g/mol. The summed E-state index contributed by atoms with van der Waals surface area (Å²) in [6.07, 6.45) is 10.9. The van der Waals surface area contributed by atoms with Crippen molar-refractivity contribution >= 4 is 34.8 Å². The molecule has 2 aliphatic heterocycles. The van der Waals surface area contributed by atoms with E-state index in [1.807, 2.05) is 24.3 Å². The number of benzene rings is 1. The highest BCUT2D eigenvalue weighted by Gasteiger charge is 2.69. The topological polar surface area (TPSA) is 111 Å². The summed E-state index contributed by atoms with van der Waals surface area (Å²) in [6.45, 7) is 8.45. The predicted octanol–water partition coefficient (Wildman–Crippen LogP) is 5.35. The molecule has 236 valence electrons. The molecule has 44 heavy (non-hydrogen) atoms. The first-order chi connectivity index (χ1) is 21.1. The van der Waals surface area contributed by atoms with Crippen molar-refractivity contribution in [1.82, 2.24) is 15.0 Å². The monoisotopic (exact) mass is 618 g/mol. The number of rotatable bonds is 5. The Labute approximate surface area is 264 Å². The van der Waals surface area contributed by atoms with E-state index < -0.39 is 17.1 Å². The number of hydrazone groups is 1. The van der Waals surface area contributed by atoms with Gasteiger partial charge in [0.15, 0.2) is 10.9 Å². The molecular formula is C35H46N4O4S. The molecule has 0 spiro atoms. The van der Waals surface area contributed by atoms with Crippen LogP contribution in [0.5, 0.6) is 0 Å². The maximum Gasteiger partial charge on any atom is 0.175 e. The Bertz CT molecular complexity index is 1500. The molecule has 8 rings (SSSR count). The minimum Gasteiger partial charge on any atom is -0.393 e. The first kappa shape index (κ1) is 29.2. The number of ether oxygens (including phenoxy) is 1. The average molecular weight is 619 g/mol. The summed E-state index contributed by atoms with van der Waals surface area (Å²) in [4.78, 5) is 21.8. The molecule has 9 atom stereocenters. The molecule has 9 heteroatoms. The van der Waals surface area contributed by atoms with E-state index in [0.717, 1.165) is 62.8 Å². The van der Waals surface area contributed by atoms with Crippen molar-refractivity contribution in [3.05, 3.63) is 35.9 Å². The molecule has 6 aliphatic rings. The number of aliphatic hydroxyl groups is 2. The number of carbonyl (C=O) groups excluding carboxylic acids is 1. The van der Waals surface area contributed by atoms with Gasteiger partial charge in [0.1, 0.15) is 5.60 Å². The molecule has 8 unspecified atom stereocenters. The van der Waals surface area contributed by atoms with E-state index in [1.165, 1.54) is 17.3 Å². The molecule has 3 heterocycles. The Morgan fingerprint density at radius 2 is 1.95 bits per heavy atom. The minimum atomic E-state index is -1.44. The number of allylic oxidation sites excluding steroid dienone is 1. The summed E-state index contributed by atoms with van der Waals surface area (Å²) in [7, 11) is 0. The van der Waals surface area contributed by atoms with Gasteiger partial charge in [0.25, 0.3) is 0 Å². The zero-order valence-electron chi connectivity index (χ0n) is 26.2. The van der Waals surface area contributed by atoms with Crippen molar-refractivity contribution in [2.45, 2.75) is 101 Å². The Morgan fingerprint density at radius 1 is 1.16 bits per heavy atom. The van der Waals surface area contributed by atoms with Crippen LogP contribution in [0.2, 0.25) is 0 Å². The van der Waals surface area contributed by atoms with Gasteiger partial charge in [0.05, 0.1) is 35.0 Å². The SMILES string of the molecule is CC12C=NN(C3CCOCC3)C1C=C1CCC3C([C@@H](O)CC4(C)C3CCC4(O)C(=O)CSc3nc4ccccc4[nH]3)C1(C)C2. The molecule has 2 aromatic rings. The highest BCUT2D eigenvalue weighted by molar-refractivity contribution is 7.99. The van der Waals surface area contributed by atoms with Crippen molar-refractivity contribution in [2.75, 3.05) is 19.0 Å². The number of nitrogens with one attached hydrogen (secondary N) is 1. The number of aliphatic hydroxyl groups excluding tert-OH is 1. The quantitative estimate of drug-likeness (QED) is 0.306. The van der Waals surface area contributed by atoms with Crippen LogP contribution in [0.15, 0.2) is 46.2 Å². The molecule has 8 nitrogen and oxygen atoms in total. The Hall–Kier alpha value is -2.20. The maximum atomic E-state index is 13.9. The van der Waals surface area contributed by atoms with Crippen LogP contribution >= 0.6 is 11.8 Å². The lowest BCUT2D eigenvalue weighted by atomic mass is 9.43. The van der Waals surface area contributed by atoms with Crippen molar-refractivity contribution in [2.24, 2.45) is 39.1 Å². The van der Waals surface area contributed by atoms with Crippen molar-refractivity contribution in [1.29, 1.82) is 0 Å². The summed E-state index contributed by atoms with van der Waals surface area (Å²) in [5.74, 6) is 0.633. The van der Waals surface area contributed by atoms with Gasteiger partial charge in [-0.1, -0.05) is 56.3 Å². The van der Waals surface area contributed by atoms with E-state index >= 15 is 0 Å². The second-order valence-corrected chi connectivity index (χ2v) is 16.4. The van der Waals surface area contributed by atoms with Gasteiger partial charge in [-0.3, -0.25) is 9.80 Å². The molecule has 3 N–H and O–H groups in total. The summed E-state index contributed by atoms with van der Waals surface area (Å²) >= 11 is 1.36. The van der Waals surface area contributed by atoms with Crippen LogP contribution in [0.4, 0.5) is 0 Å². The van der Waals surface area contributed by atoms with Gasteiger partial charge in [0.2, 0.25) is 0 Å². The number of Topliss-reactive ketones (excluding diaryl/α,β-unsaturated/α-hetero) is 1. The Morgan fingerprint density at radius 3 is 2.75 bits per heavy atom. The number of aromatic nitrogens is 2. The zero-order valence-corrected chi connectivity index (χ0v) is 27.0. The van der Waals surface area contributed by atoms with Crippen molar-refractivity contribution in [3.8, 4) is 0 Å². The van der Waals surface area contributed by atoms with Gasteiger partial charge in [-0.2, -0.15) is 5.10 Å². The van der Waals surface area contributed by atoms with E-state index in [4.69, 9.17) is 9.84 Å². The van der Waals surface area contributed by atoms with Crippen LogP contribution in [0.1, 0.15) is 72.1 Å². The first-order valence-corrected chi connectivity index (χ1v) is 17.7. The molecule has 1 aromatic heterocycles. The highest BCUT2D eigenvalue weighted by Crippen LogP contribution is 2.69. The van der Waals surface area contributed by atoms with Crippen molar-refractivity contribution < 1.29 is 19.7 Å². The van der Waals surface area contributed by atoms with Crippen LogP contribution in [-0.4, -0.2) is 79.9 Å². The van der Waals surface area contributed by atoms with Crippen LogP contribution in [0, 0.1) is 34.0 Å². The second kappa shape index (κ2) is 10.1. The number of aromatic amines is 1. The summed E-state index contributed by atoms with van der Waals surface area (Å²) < 4.78 is 5.64. The number of para-hydroxylation sites is 2. The summed E-state index contributed by atoms with van der Waals surface area (Å²) in [5.41, 5.74) is 1.000. The van der Waals surface area contributed by atoms with Gasteiger partial charge < -0.3 is 19.9 Å². The minimum absolute atomic E-state index is 0.0842. The van der Waals surface area contributed by atoms with Gasteiger partial charge in [-0.05, 0) is 86.7 Å². The van der Waals surface area contributed by atoms with Crippen LogP contribution < -0.4 is 0 Å². The van der Waals surface area contributed by atoms with Crippen LogP contribution in [0.3, 0.4) is 0 Å². The van der Waals surface area contributed by atoms with E-state index in [2.05, 4.69) is 48.0 Å². The number of imidazole rings is 1. The Balaban J connectivity index is 1.03. The number of fused-ring (bicyclic) bond motifs is 7. The lowest BCUT2D eigenvalue weighted by molar-refractivity contribution is -0.180. The molecule has 4 fully saturated rings. The molecule has 1 aromatic carbocycles. The average Bonchev–Trinajstić information content (AvgIpc) is 3.65. The second-order valence-electron chi connectivity index (χ2n) is 15.4. The normalized spacial score (nSPS) is 43.3. The van der Waals surface area contributed by atoms with Gasteiger partial charge in [0, 0.05) is 30.3 Å². The van der Waals surface area contributed by atoms with E-state index in [9.17, 15) is 15.0 Å². The van der Waals surface area contributed by atoms with Gasteiger partial charge in [-0.15, -0.1) is 0 Å². The predicted molar refractivity (Wildman–Crippen MR) is 171 cm³/mol. The lowest BCUT2D eigenvalue weighted by Gasteiger charge is -2.62. The van der Waals surface area contributed by atoms with Gasteiger partial charge >= 0.3 is 0 Å². The molecule has 1 saturated heterocycles. The number of H-pyrrole nitrogens is 1. The van der Waals surface area contributed by atoms with Crippen LogP contribution in [-0.2, 0) is 9.53 Å². The largest absolute Gasteiger partial charge is 0.393 e. The summed E-state index contributed by atoms with van der Waals surface area (Å²) in [5, 5.41) is 32.3. The molecule has 3 saturated carbocycles. The molecule has 0 amide bonds. The lowest BCUT2D eigenvalue weighted by Crippen LogP contribution is -2.63. The first-order valence-electron chi connectivity index (χ1n) is 16.7. The number of ketones is 1. The third-order valence-electron chi connectivity index (χ3n) is 13.1. The fourth-order valence-corrected chi connectivity index (χ4v) is 11.9. The van der Waals surface area contributed by atoms with Crippen LogP contribution in [0.25, 0.3) is 11.0 Å². The number of nitrogens with zero attached hydrogens (tertiary/aromatic N) is 3. The smallest absolute Gasteiger partial charge is 0.175 e. The fraction of sp³-hybridized carbons (Fsp3) is 0.686. The van der Waals surface area contributed by atoms with E-state index in [1.54, 1.807) is 0 Å². The standard InChI is InChI=1S/C35H46N4O4S/c1-32-19-33(2)21(16-28(32)39(36-20-32)22-11-14-43-15-12-22)8-9-23-24-10-13-35(42,34(24,3)17-27(40)30(23)33)29(41)18-44-31-37-25-6-4-5-7-26(25)38-31/h4-7,16,20,22-24,27-28,30,40,42H,8-15,17-19H2,1-3H3,(H,37,38)/t23?,24?,27-,28?,30?,32?,33?,34?,35?/m0/s1. The third-order valence-corrected chi connectivity index (χ3v) is 14.0. The number of hydrogen-bond donors (Lipinski definition) is 3.